The van der Waals surface area contributed by atoms with Crippen LogP contribution in [0.1, 0.15) is 0 Å². The molecule has 0 amide bonds. The smallest absolute Gasteiger partial charge is 0.142 e. The molecule has 0 atom stereocenters. The van der Waals surface area contributed by atoms with Crippen molar-refractivity contribution in [2.75, 3.05) is 13.1 Å². The number of hydroxylamine groups is 2. The molecule has 0 saturated carbocycles. The summed E-state index contributed by atoms with van der Waals surface area (Å²) in [6, 6.07) is 0. The molecular weight excluding hydrogens is 106 g/mol. The predicted octanol–water partition coefficient (Wildman–Crippen LogP) is -0.261. The largest absolute Gasteiger partial charge is 0.287 e. The van der Waals surface area contributed by atoms with Crippen molar-refractivity contribution in [3.8, 4) is 0 Å². The van der Waals surface area contributed by atoms with Gasteiger partial charge in [0, 0.05) is 6.21 Å². The van der Waals surface area contributed by atoms with E-state index in [1.54, 1.807) is 6.21 Å². The first-order valence-corrected chi connectivity index (χ1v) is 2.33. The maximum atomic E-state index is 8.70. The van der Waals surface area contributed by atoms with Gasteiger partial charge in [-0.25, -0.2) is 5.06 Å². The van der Waals surface area contributed by atoms with Crippen molar-refractivity contribution in [3.05, 3.63) is 0 Å². The average molecular weight is 113 g/mol. The van der Waals surface area contributed by atoms with Gasteiger partial charge < -0.3 is 0 Å². The maximum Gasteiger partial charge on any atom is 0.142 e. The van der Waals surface area contributed by atoms with E-state index in [-0.39, 0.29) is 5.84 Å². The van der Waals surface area contributed by atoms with E-state index in [4.69, 9.17) is 10.6 Å². The van der Waals surface area contributed by atoms with E-state index in [2.05, 4.69) is 4.99 Å². The summed E-state index contributed by atoms with van der Waals surface area (Å²) < 4.78 is 0. The molecule has 0 saturated heterocycles. The standard InChI is InChI=1S/C4H7N3O/c5-4-3-6-1-2-7(4)8/h1,5,8H,2-3H2. The molecule has 1 aliphatic rings. The van der Waals surface area contributed by atoms with Crippen LogP contribution in [0.2, 0.25) is 0 Å². The van der Waals surface area contributed by atoms with Crippen LogP contribution in [0.5, 0.6) is 0 Å². The van der Waals surface area contributed by atoms with Gasteiger partial charge >= 0.3 is 0 Å². The highest BCUT2D eigenvalue weighted by Gasteiger charge is 2.06. The molecule has 0 aromatic carbocycles. The Morgan fingerprint density at radius 2 is 2.62 bits per heavy atom. The zero-order chi connectivity index (χ0) is 5.98. The second kappa shape index (κ2) is 1.92. The maximum absolute atomic E-state index is 8.70. The number of aliphatic imine (C=N–C) groups is 1. The van der Waals surface area contributed by atoms with Gasteiger partial charge in [-0.15, -0.1) is 0 Å². The summed E-state index contributed by atoms with van der Waals surface area (Å²) in [6.45, 7) is 0.648. The van der Waals surface area contributed by atoms with Crippen molar-refractivity contribution >= 4 is 12.1 Å². The van der Waals surface area contributed by atoms with Gasteiger partial charge in [0.05, 0.1) is 13.1 Å². The zero-order valence-corrected chi connectivity index (χ0v) is 4.33. The Morgan fingerprint density at radius 1 is 1.88 bits per heavy atom. The fourth-order valence-corrected chi connectivity index (χ4v) is 0.478. The third kappa shape index (κ3) is 0.840. The lowest BCUT2D eigenvalue weighted by molar-refractivity contribution is -0.00161. The summed E-state index contributed by atoms with van der Waals surface area (Å²) in [5.74, 6) is 0.160. The topological polar surface area (TPSA) is 59.7 Å². The minimum Gasteiger partial charge on any atom is -0.287 e. The highest BCUT2D eigenvalue weighted by Crippen LogP contribution is 1.88. The lowest BCUT2D eigenvalue weighted by Gasteiger charge is -2.16. The number of hydrogen-bond acceptors (Lipinski definition) is 3. The third-order valence-corrected chi connectivity index (χ3v) is 0.936. The molecular formula is C4H7N3O. The molecule has 0 aliphatic carbocycles. The Hall–Kier alpha value is -0.900. The van der Waals surface area contributed by atoms with Crippen molar-refractivity contribution in [3.63, 3.8) is 0 Å². The van der Waals surface area contributed by atoms with E-state index in [1.807, 2.05) is 0 Å². The van der Waals surface area contributed by atoms with Crippen molar-refractivity contribution in [1.29, 1.82) is 5.41 Å². The molecule has 1 rings (SSSR count). The van der Waals surface area contributed by atoms with Crippen LogP contribution in [0, 0.1) is 5.41 Å². The zero-order valence-electron chi connectivity index (χ0n) is 4.33. The van der Waals surface area contributed by atoms with Crippen molar-refractivity contribution in [1.82, 2.24) is 5.06 Å². The molecule has 0 fully saturated rings. The summed E-state index contributed by atoms with van der Waals surface area (Å²) in [6.07, 6.45) is 1.58. The number of amidine groups is 1. The molecule has 1 aliphatic heterocycles. The Labute approximate surface area is 46.9 Å². The summed E-state index contributed by atoms with van der Waals surface area (Å²) in [4.78, 5) is 3.76. The van der Waals surface area contributed by atoms with E-state index < -0.39 is 0 Å². The quantitative estimate of drug-likeness (QED) is 0.454. The molecule has 0 bridgehead atoms. The van der Waals surface area contributed by atoms with E-state index in [9.17, 15) is 0 Å². The van der Waals surface area contributed by atoms with E-state index >= 15 is 0 Å². The first-order chi connectivity index (χ1) is 3.80. The number of hydrogen-bond donors (Lipinski definition) is 2. The molecule has 0 unspecified atom stereocenters. The third-order valence-electron chi connectivity index (χ3n) is 0.936. The van der Waals surface area contributed by atoms with Crippen LogP contribution in [-0.2, 0) is 0 Å². The van der Waals surface area contributed by atoms with Gasteiger partial charge in [-0.3, -0.25) is 15.6 Å². The van der Waals surface area contributed by atoms with Crippen molar-refractivity contribution in [2.45, 2.75) is 0 Å². The second-order valence-corrected chi connectivity index (χ2v) is 1.55. The molecule has 44 valence electrons. The van der Waals surface area contributed by atoms with Gasteiger partial charge in [-0.05, 0) is 0 Å². The average Bonchev–Trinajstić information content (AvgIpc) is 1.77. The van der Waals surface area contributed by atoms with Gasteiger partial charge in [-0.2, -0.15) is 0 Å². The SMILES string of the molecule is N=C1CN=CCN1O. The van der Waals surface area contributed by atoms with Crippen molar-refractivity contribution in [2.24, 2.45) is 4.99 Å². The fraction of sp³-hybridized carbons (Fsp3) is 0.500. The Bertz CT molecular complexity index is 131. The number of nitrogens with one attached hydrogen (secondary N) is 1. The van der Waals surface area contributed by atoms with E-state index in [0.717, 1.165) is 5.06 Å². The molecule has 2 N–H and O–H groups in total. The minimum atomic E-state index is 0.160. The van der Waals surface area contributed by atoms with Gasteiger partial charge in [0.1, 0.15) is 5.84 Å². The fourth-order valence-electron chi connectivity index (χ4n) is 0.478. The monoisotopic (exact) mass is 113 g/mol. The summed E-state index contributed by atoms with van der Waals surface area (Å²) in [5.41, 5.74) is 0. The van der Waals surface area contributed by atoms with Crippen LogP contribution < -0.4 is 0 Å². The summed E-state index contributed by atoms with van der Waals surface area (Å²) >= 11 is 0. The first kappa shape index (κ1) is 5.24. The lowest BCUT2D eigenvalue weighted by atomic mass is 10.5. The minimum absolute atomic E-state index is 0.160. The highest BCUT2D eigenvalue weighted by atomic mass is 16.5. The summed E-state index contributed by atoms with van der Waals surface area (Å²) in [5, 5.41) is 16.5. The molecule has 0 aromatic heterocycles. The number of rotatable bonds is 0. The molecule has 8 heavy (non-hydrogen) atoms. The first-order valence-electron chi connectivity index (χ1n) is 2.33. The normalized spacial score (nSPS) is 19.6. The number of nitrogens with zero attached hydrogens (tertiary/aromatic N) is 2. The predicted molar refractivity (Wildman–Crippen MR) is 29.6 cm³/mol. The van der Waals surface area contributed by atoms with Crippen molar-refractivity contribution < 1.29 is 5.21 Å². The highest BCUT2D eigenvalue weighted by molar-refractivity contribution is 5.86. The molecule has 0 spiro atoms. The molecule has 4 nitrogen and oxygen atoms in total. The Balaban J connectivity index is 2.57. The van der Waals surface area contributed by atoms with Crippen LogP contribution in [0.25, 0.3) is 0 Å². The lowest BCUT2D eigenvalue weighted by Crippen LogP contribution is -2.33. The van der Waals surface area contributed by atoms with E-state index in [1.165, 1.54) is 0 Å². The Morgan fingerprint density at radius 3 is 3.00 bits per heavy atom. The Kier molecular flexibility index (Phi) is 1.26. The van der Waals surface area contributed by atoms with Crippen LogP contribution >= 0.6 is 0 Å². The van der Waals surface area contributed by atoms with E-state index in [0.29, 0.717) is 13.1 Å². The van der Waals surface area contributed by atoms with Crippen LogP contribution in [0.15, 0.2) is 4.99 Å². The van der Waals surface area contributed by atoms with Gasteiger partial charge in [0.15, 0.2) is 0 Å². The van der Waals surface area contributed by atoms with Gasteiger partial charge in [-0.1, -0.05) is 0 Å². The van der Waals surface area contributed by atoms with Gasteiger partial charge in [0.25, 0.3) is 0 Å². The second-order valence-electron chi connectivity index (χ2n) is 1.55. The van der Waals surface area contributed by atoms with Crippen LogP contribution in [0.4, 0.5) is 0 Å². The summed E-state index contributed by atoms with van der Waals surface area (Å²) in [7, 11) is 0. The molecule has 1 heterocycles. The molecule has 4 heteroatoms. The van der Waals surface area contributed by atoms with Gasteiger partial charge in [0.2, 0.25) is 0 Å². The van der Waals surface area contributed by atoms with Crippen LogP contribution in [0.3, 0.4) is 0 Å². The molecule has 0 aromatic rings. The molecule has 0 radical (unpaired) electrons. The van der Waals surface area contributed by atoms with Crippen LogP contribution in [-0.4, -0.2) is 35.4 Å².